The lowest BCUT2D eigenvalue weighted by atomic mass is 9.96. The Morgan fingerprint density at radius 1 is 0.412 bits per heavy atom. The van der Waals surface area contributed by atoms with Crippen LogP contribution in [0.3, 0.4) is 0 Å². The molecule has 6 rings (SSSR count). The van der Waals surface area contributed by atoms with E-state index in [1.54, 1.807) is 0 Å². The van der Waals surface area contributed by atoms with Crippen LogP contribution in [0.4, 0.5) is 0 Å². The van der Waals surface area contributed by atoms with E-state index >= 15 is 0 Å². The highest BCUT2D eigenvalue weighted by Gasteiger charge is 2.17. The van der Waals surface area contributed by atoms with Gasteiger partial charge in [0.25, 0.3) is 0 Å². The molecule has 0 aliphatic heterocycles. The van der Waals surface area contributed by atoms with Gasteiger partial charge in [0.15, 0.2) is 0 Å². The Balaban J connectivity index is 0.000000652. The molecule has 0 atom stereocenters. The van der Waals surface area contributed by atoms with E-state index in [0.29, 0.717) is 0 Å². The largest absolute Gasteiger partial charge is 0.0683 e. The summed E-state index contributed by atoms with van der Waals surface area (Å²) in [5, 5.41) is 0. The summed E-state index contributed by atoms with van der Waals surface area (Å²) in [5.74, 6) is 0. The first-order valence-electron chi connectivity index (χ1n) is 12.6. The van der Waals surface area contributed by atoms with Crippen molar-refractivity contribution in [3.05, 3.63) is 130 Å². The number of hydrogen-bond donors (Lipinski definition) is 0. The number of hydrogen-bond acceptors (Lipinski definition) is 0. The molecule has 4 aromatic rings. The van der Waals surface area contributed by atoms with E-state index in [9.17, 15) is 0 Å². The molecule has 2 aliphatic rings. The quantitative estimate of drug-likeness (QED) is 0.296. The second kappa shape index (κ2) is 11.0. The molecule has 0 heteroatoms. The molecule has 0 saturated heterocycles. The zero-order valence-electron chi connectivity index (χ0n) is 20.8. The van der Waals surface area contributed by atoms with E-state index < -0.39 is 0 Å². The normalized spacial score (nSPS) is 12.8. The van der Waals surface area contributed by atoms with Gasteiger partial charge >= 0.3 is 0 Å². The van der Waals surface area contributed by atoms with Gasteiger partial charge in [0.1, 0.15) is 0 Å². The molecule has 0 spiro atoms. The Morgan fingerprint density at radius 2 is 0.794 bits per heavy atom. The lowest BCUT2D eigenvalue weighted by Gasteiger charge is -2.08. The molecule has 34 heavy (non-hydrogen) atoms. The maximum absolute atomic E-state index is 2.38. The molecule has 0 radical (unpaired) electrons. The van der Waals surface area contributed by atoms with Gasteiger partial charge < -0.3 is 0 Å². The van der Waals surface area contributed by atoms with Gasteiger partial charge in [-0.2, -0.15) is 0 Å². The second-order valence-corrected chi connectivity index (χ2v) is 8.25. The number of fused-ring (bicyclic) bond motifs is 2. The van der Waals surface area contributed by atoms with Crippen molar-refractivity contribution in [2.75, 3.05) is 0 Å². The Morgan fingerprint density at radius 3 is 1.18 bits per heavy atom. The van der Waals surface area contributed by atoms with Crippen molar-refractivity contribution in [1.82, 2.24) is 0 Å². The minimum atomic E-state index is 1.01. The maximum atomic E-state index is 2.38. The lowest BCUT2D eigenvalue weighted by Crippen LogP contribution is -1.89. The van der Waals surface area contributed by atoms with Crippen molar-refractivity contribution >= 4 is 23.3 Å². The summed E-state index contributed by atoms with van der Waals surface area (Å²) >= 11 is 0. The average Bonchev–Trinajstić information content (AvgIpc) is 3.55. The molecule has 0 heterocycles. The fraction of sp³-hybridized carbons (Fsp3) is 0.176. The molecule has 0 N–H and O–H groups in total. The topological polar surface area (TPSA) is 0 Å². The van der Waals surface area contributed by atoms with E-state index in [0.717, 1.165) is 12.8 Å². The van der Waals surface area contributed by atoms with Crippen LogP contribution in [-0.2, 0) is 12.8 Å². The molecular weight excluding hydrogens is 408 g/mol. The van der Waals surface area contributed by atoms with E-state index in [4.69, 9.17) is 0 Å². The van der Waals surface area contributed by atoms with Gasteiger partial charge in [0, 0.05) is 0 Å². The van der Waals surface area contributed by atoms with Crippen LogP contribution in [0.25, 0.3) is 34.4 Å². The first-order chi connectivity index (χ1) is 16.8. The zero-order valence-corrected chi connectivity index (χ0v) is 20.8. The molecule has 0 fully saturated rings. The van der Waals surface area contributed by atoms with Crippen molar-refractivity contribution in [2.45, 2.75) is 40.5 Å². The van der Waals surface area contributed by atoms with Gasteiger partial charge in [-0.3, -0.25) is 0 Å². The Bertz CT molecular complexity index is 1200. The van der Waals surface area contributed by atoms with Crippen molar-refractivity contribution in [1.29, 1.82) is 0 Å². The fourth-order valence-corrected chi connectivity index (χ4v) is 4.72. The summed E-state index contributed by atoms with van der Waals surface area (Å²) < 4.78 is 0. The van der Waals surface area contributed by atoms with Crippen LogP contribution in [0.5, 0.6) is 0 Å². The van der Waals surface area contributed by atoms with Gasteiger partial charge in [-0.25, -0.2) is 0 Å². The second-order valence-electron chi connectivity index (χ2n) is 8.25. The summed E-state index contributed by atoms with van der Waals surface area (Å²) in [4.78, 5) is 0. The summed E-state index contributed by atoms with van der Waals surface area (Å²) in [6.07, 6.45) is 6.70. The standard InChI is InChI=1S/C30H22.2C2H6/c1-3-7-21(8-4-1)27-17-25-13-11-23(15-29(25)19-27)24-12-14-26-18-28(20-30(26)16-24)22-9-5-2-6-10-22;2*1-2/h1-18H,19-20H2;2*1-2H3. The van der Waals surface area contributed by atoms with Gasteiger partial charge in [-0.1, -0.05) is 137 Å². The highest BCUT2D eigenvalue weighted by atomic mass is 14.2. The predicted octanol–water partition coefficient (Wildman–Crippen LogP) is 9.60. The summed E-state index contributed by atoms with van der Waals surface area (Å²) in [5.41, 5.74) is 13.7. The molecular formula is C34H34. The van der Waals surface area contributed by atoms with E-state index in [1.165, 1.54) is 55.7 Å². The maximum Gasteiger partial charge on any atom is -0.00135 e. The SMILES string of the molecule is C1=C(c2ccccc2)Cc2cc(-c3ccc4c(c3)CC(c3ccccc3)=C4)ccc21.CC.CC. The molecule has 0 nitrogen and oxygen atoms in total. The fourth-order valence-electron chi connectivity index (χ4n) is 4.72. The van der Waals surface area contributed by atoms with Crippen LogP contribution in [0.2, 0.25) is 0 Å². The summed E-state index contributed by atoms with van der Waals surface area (Å²) in [6, 6.07) is 35.3. The molecule has 170 valence electrons. The third-order valence-electron chi connectivity index (χ3n) is 6.33. The van der Waals surface area contributed by atoms with E-state index in [2.05, 4.69) is 109 Å². The van der Waals surface area contributed by atoms with Crippen molar-refractivity contribution in [3.63, 3.8) is 0 Å². The molecule has 2 aliphatic carbocycles. The number of benzene rings is 4. The van der Waals surface area contributed by atoms with Crippen molar-refractivity contribution < 1.29 is 0 Å². The van der Waals surface area contributed by atoms with Gasteiger partial charge in [-0.15, -0.1) is 0 Å². The molecule has 0 aromatic heterocycles. The average molecular weight is 443 g/mol. The monoisotopic (exact) mass is 442 g/mol. The zero-order chi connectivity index (χ0) is 23.9. The number of allylic oxidation sites excluding steroid dienone is 2. The van der Waals surface area contributed by atoms with Crippen molar-refractivity contribution in [3.8, 4) is 11.1 Å². The van der Waals surface area contributed by atoms with Crippen LogP contribution < -0.4 is 0 Å². The minimum absolute atomic E-state index is 1.01. The van der Waals surface area contributed by atoms with Gasteiger partial charge in [0.05, 0.1) is 0 Å². The molecule has 0 amide bonds. The highest BCUT2D eigenvalue weighted by molar-refractivity contribution is 5.91. The number of rotatable bonds is 3. The van der Waals surface area contributed by atoms with Gasteiger partial charge in [-0.05, 0) is 68.5 Å². The van der Waals surface area contributed by atoms with E-state index in [1.807, 2.05) is 27.7 Å². The molecule has 4 aromatic carbocycles. The lowest BCUT2D eigenvalue weighted by molar-refractivity contribution is 1.30. The van der Waals surface area contributed by atoms with E-state index in [-0.39, 0.29) is 0 Å². The minimum Gasteiger partial charge on any atom is -0.0683 e. The van der Waals surface area contributed by atoms with Crippen LogP contribution in [0, 0.1) is 0 Å². The Hall–Kier alpha value is -3.64. The van der Waals surface area contributed by atoms with Crippen LogP contribution >= 0.6 is 0 Å². The summed E-state index contributed by atoms with van der Waals surface area (Å²) in [7, 11) is 0. The third-order valence-corrected chi connectivity index (χ3v) is 6.33. The van der Waals surface area contributed by atoms with Crippen LogP contribution in [0.15, 0.2) is 97.1 Å². The predicted molar refractivity (Wildman–Crippen MR) is 151 cm³/mol. The van der Waals surface area contributed by atoms with Crippen LogP contribution in [0.1, 0.15) is 61.1 Å². The first kappa shape index (κ1) is 23.5. The molecule has 0 unspecified atom stereocenters. The summed E-state index contributed by atoms with van der Waals surface area (Å²) in [6.45, 7) is 8.00. The first-order valence-corrected chi connectivity index (χ1v) is 12.6. The van der Waals surface area contributed by atoms with Crippen LogP contribution in [-0.4, -0.2) is 0 Å². The highest BCUT2D eigenvalue weighted by Crippen LogP contribution is 2.37. The van der Waals surface area contributed by atoms with Crippen molar-refractivity contribution in [2.24, 2.45) is 0 Å². The smallest absolute Gasteiger partial charge is 0.00135 e. The third kappa shape index (κ3) is 4.82. The Kier molecular flexibility index (Phi) is 7.60. The molecule has 0 bridgehead atoms. The van der Waals surface area contributed by atoms with Gasteiger partial charge in [0.2, 0.25) is 0 Å². The Labute approximate surface area is 205 Å². The molecule has 0 saturated carbocycles.